The van der Waals surface area contributed by atoms with Crippen LogP contribution in [0.5, 0.6) is 0 Å². The monoisotopic (exact) mass is 587 g/mol. The van der Waals surface area contributed by atoms with Crippen molar-refractivity contribution in [3.05, 3.63) is 169 Å². The minimum absolute atomic E-state index is 0.113. The van der Waals surface area contributed by atoms with Crippen LogP contribution in [0.4, 0.5) is 17.1 Å². The van der Waals surface area contributed by atoms with Gasteiger partial charge in [-0.2, -0.15) is 0 Å². The molecule has 0 saturated carbocycles. The number of nitrogens with zero attached hydrogens (tertiary/aromatic N) is 2. The van der Waals surface area contributed by atoms with Crippen molar-refractivity contribution in [3.63, 3.8) is 0 Å². The molecule has 3 nitrogen and oxygen atoms in total. The van der Waals surface area contributed by atoms with E-state index in [1.165, 1.54) is 72.1 Å². The molecule has 0 bridgehead atoms. The zero-order valence-corrected chi connectivity index (χ0v) is 25.1. The third kappa shape index (κ3) is 3.54. The first-order chi connectivity index (χ1) is 22.8. The standard InChI is InChI=1S/C43H29N3/c1-2-14-29-27-30(26-25-28(29)13-1)45-38-22-10-6-18-34(38)41-35-19-7-11-23-39(35)46(40-24-12-8-20-36(40)42(41)45)43-33-17-4-3-15-31(33)32-16-5-9-21-37(32)44-43/h1-27,43-44H. The van der Waals surface area contributed by atoms with Crippen LogP contribution in [0.25, 0.3) is 60.9 Å². The third-order valence-electron chi connectivity index (χ3n) is 9.74. The van der Waals surface area contributed by atoms with Crippen LogP contribution >= 0.6 is 0 Å². The van der Waals surface area contributed by atoms with Crippen LogP contribution in [0.2, 0.25) is 0 Å². The SMILES string of the molecule is c1ccc2c(c1)NC(N1c3ccccc3-c3c(n(-c4ccc5ccccc5c4)c4ccccc34)-c3ccccc31)c1ccccc1-2. The molecule has 1 atom stereocenters. The molecular formula is C43H29N3. The molecule has 0 spiro atoms. The minimum Gasteiger partial charge on any atom is -0.361 e. The van der Waals surface area contributed by atoms with Crippen LogP contribution < -0.4 is 10.2 Å². The van der Waals surface area contributed by atoms with Crippen LogP contribution in [-0.2, 0) is 0 Å². The molecule has 1 aromatic heterocycles. The van der Waals surface area contributed by atoms with E-state index in [-0.39, 0.29) is 6.17 Å². The molecule has 2 aliphatic rings. The zero-order valence-electron chi connectivity index (χ0n) is 25.1. The van der Waals surface area contributed by atoms with E-state index in [0.29, 0.717) is 0 Å². The van der Waals surface area contributed by atoms with Gasteiger partial charge in [-0.1, -0.05) is 127 Å². The van der Waals surface area contributed by atoms with Crippen LogP contribution in [0.15, 0.2) is 164 Å². The number of hydrogen-bond donors (Lipinski definition) is 1. The van der Waals surface area contributed by atoms with Gasteiger partial charge in [0.2, 0.25) is 0 Å². The Bertz CT molecular complexity index is 2490. The second kappa shape index (κ2) is 9.72. The first-order valence-corrected chi connectivity index (χ1v) is 15.9. The predicted molar refractivity (Wildman–Crippen MR) is 192 cm³/mol. The van der Waals surface area contributed by atoms with Crippen LogP contribution in [0, 0.1) is 0 Å². The Morgan fingerprint density at radius 3 is 1.98 bits per heavy atom. The van der Waals surface area contributed by atoms with Gasteiger partial charge in [0.05, 0.1) is 22.6 Å². The summed E-state index contributed by atoms with van der Waals surface area (Å²) in [5.41, 5.74) is 14.5. The van der Waals surface area contributed by atoms with E-state index in [1.54, 1.807) is 0 Å². The number of benzene rings is 7. The van der Waals surface area contributed by atoms with Gasteiger partial charge in [-0.05, 0) is 52.7 Å². The van der Waals surface area contributed by atoms with E-state index in [2.05, 4.69) is 179 Å². The largest absolute Gasteiger partial charge is 0.361 e. The average molecular weight is 588 g/mol. The van der Waals surface area contributed by atoms with E-state index in [0.717, 1.165) is 11.4 Å². The second-order valence-corrected chi connectivity index (χ2v) is 12.2. The number of para-hydroxylation sites is 4. The molecule has 1 N–H and O–H groups in total. The van der Waals surface area contributed by atoms with Crippen LogP contribution in [0.3, 0.4) is 0 Å². The van der Waals surface area contributed by atoms with Crippen molar-refractivity contribution >= 4 is 38.7 Å². The molecule has 0 radical (unpaired) electrons. The lowest BCUT2D eigenvalue weighted by atomic mass is 9.91. The highest BCUT2D eigenvalue weighted by molar-refractivity contribution is 6.12. The lowest BCUT2D eigenvalue weighted by molar-refractivity contribution is 0.787. The fraction of sp³-hybridized carbons (Fsp3) is 0.0233. The quantitative estimate of drug-likeness (QED) is 0.217. The lowest BCUT2D eigenvalue weighted by Crippen LogP contribution is -2.32. The van der Waals surface area contributed by atoms with Crippen molar-refractivity contribution in [2.24, 2.45) is 0 Å². The van der Waals surface area contributed by atoms with Gasteiger partial charge in [0, 0.05) is 44.6 Å². The Labute approximate surface area is 267 Å². The Kier molecular flexibility index (Phi) is 5.34. The van der Waals surface area contributed by atoms with Crippen LogP contribution in [0.1, 0.15) is 11.7 Å². The Morgan fingerprint density at radius 2 is 1.11 bits per heavy atom. The van der Waals surface area contributed by atoms with E-state index in [1.807, 2.05) is 0 Å². The topological polar surface area (TPSA) is 20.2 Å². The molecule has 0 aliphatic carbocycles. The highest BCUT2D eigenvalue weighted by Crippen LogP contribution is 2.55. The fourth-order valence-corrected chi connectivity index (χ4v) is 7.79. The van der Waals surface area contributed by atoms with Gasteiger partial charge >= 0.3 is 0 Å². The third-order valence-corrected chi connectivity index (χ3v) is 9.74. The molecule has 0 amide bonds. The molecule has 7 aromatic carbocycles. The van der Waals surface area contributed by atoms with Gasteiger partial charge in [0.15, 0.2) is 0 Å². The Balaban J connectivity index is 1.31. The van der Waals surface area contributed by atoms with E-state index in [4.69, 9.17) is 0 Å². The number of nitrogens with one attached hydrogen (secondary N) is 1. The van der Waals surface area contributed by atoms with Crippen LogP contribution in [-0.4, -0.2) is 4.57 Å². The molecule has 0 fully saturated rings. The number of rotatable bonds is 2. The van der Waals surface area contributed by atoms with Crippen molar-refractivity contribution in [2.75, 3.05) is 10.2 Å². The summed E-state index contributed by atoms with van der Waals surface area (Å²) in [5, 5.41) is 7.70. The van der Waals surface area contributed by atoms with Crippen molar-refractivity contribution in [2.45, 2.75) is 6.17 Å². The highest BCUT2D eigenvalue weighted by Gasteiger charge is 2.36. The van der Waals surface area contributed by atoms with E-state index < -0.39 is 0 Å². The van der Waals surface area contributed by atoms with Gasteiger partial charge in [-0.25, -0.2) is 0 Å². The second-order valence-electron chi connectivity index (χ2n) is 12.2. The summed E-state index contributed by atoms with van der Waals surface area (Å²) in [7, 11) is 0. The zero-order chi connectivity index (χ0) is 30.2. The normalized spacial score (nSPS) is 14.4. The molecule has 2 aliphatic heterocycles. The molecule has 46 heavy (non-hydrogen) atoms. The predicted octanol–water partition coefficient (Wildman–Crippen LogP) is 11.4. The molecular weight excluding hydrogens is 558 g/mol. The van der Waals surface area contributed by atoms with E-state index >= 15 is 0 Å². The Morgan fingerprint density at radius 1 is 0.478 bits per heavy atom. The summed E-state index contributed by atoms with van der Waals surface area (Å²) >= 11 is 0. The number of fused-ring (bicyclic) bond motifs is 11. The van der Waals surface area contributed by atoms with Gasteiger partial charge in [-0.3, -0.25) is 0 Å². The minimum atomic E-state index is -0.113. The molecule has 3 heterocycles. The molecule has 3 heteroatoms. The number of anilines is 3. The van der Waals surface area contributed by atoms with Gasteiger partial charge < -0.3 is 14.8 Å². The summed E-state index contributed by atoms with van der Waals surface area (Å²) in [4.78, 5) is 2.53. The van der Waals surface area contributed by atoms with Gasteiger partial charge in [0.1, 0.15) is 6.17 Å². The Hall–Kier alpha value is -6.06. The van der Waals surface area contributed by atoms with Gasteiger partial charge in [0.25, 0.3) is 0 Å². The molecule has 10 rings (SSSR count). The molecule has 216 valence electrons. The summed E-state index contributed by atoms with van der Waals surface area (Å²) in [6.07, 6.45) is -0.113. The van der Waals surface area contributed by atoms with Crippen molar-refractivity contribution in [1.82, 2.24) is 4.57 Å². The summed E-state index contributed by atoms with van der Waals surface area (Å²) < 4.78 is 2.48. The maximum Gasteiger partial charge on any atom is 0.131 e. The maximum atomic E-state index is 3.97. The summed E-state index contributed by atoms with van der Waals surface area (Å²) in [6.45, 7) is 0. The smallest absolute Gasteiger partial charge is 0.131 e. The van der Waals surface area contributed by atoms with Crippen molar-refractivity contribution in [3.8, 4) is 39.2 Å². The lowest BCUT2D eigenvalue weighted by Gasteiger charge is -2.40. The summed E-state index contributed by atoms with van der Waals surface area (Å²) in [6, 6.07) is 59.7. The molecule has 8 aromatic rings. The first-order valence-electron chi connectivity index (χ1n) is 15.9. The van der Waals surface area contributed by atoms with E-state index in [9.17, 15) is 0 Å². The fourth-order valence-electron chi connectivity index (χ4n) is 7.79. The van der Waals surface area contributed by atoms with Crippen molar-refractivity contribution < 1.29 is 0 Å². The molecule has 0 saturated heterocycles. The molecule has 1 unspecified atom stereocenters. The average Bonchev–Trinajstić information content (AvgIpc) is 3.41. The van der Waals surface area contributed by atoms with Crippen molar-refractivity contribution in [1.29, 1.82) is 0 Å². The van der Waals surface area contributed by atoms with Gasteiger partial charge in [-0.15, -0.1) is 0 Å². The summed E-state index contributed by atoms with van der Waals surface area (Å²) in [5.74, 6) is 0. The number of hydrogen-bond acceptors (Lipinski definition) is 2. The first kappa shape index (κ1) is 25.3. The highest BCUT2D eigenvalue weighted by atomic mass is 15.3. The number of aromatic nitrogens is 1. The maximum absolute atomic E-state index is 3.97.